The lowest BCUT2D eigenvalue weighted by Gasteiger charge is -2.15. The predicted molar refractivity (Wildman–Crippen MR) is 102 cm³/mol. The number of carboxylic acids is 1. The van der Waals surface area contributed by atoms with Gasteiger partial charge < -0.3 is 10.4 Å². The van der Waals surface area contributed by atoms with Gasteiger partial charge in [0.05, 0.1) is 16.0 Å². The minimum absolute atomic E-state index is 0.348. The summed E-state index contributed by atoms with van der Waals surface area (Å²) in [6, 6.07) is 9.69. The van der Waals surface area contributed by atoms with Gasteiger partial charge in [0.15, 0.2) is 0 Å². The van der Waals surface area contributed by atoms with Crippen molar-refractivity contribution in [2.24, 2.45) is 11.8 Å². The Bertz CT molecular complexity index is 700. The Kier molecular flexibility index (Phi) is 7.11. The molecule has 0 aliphatic heterocycles. The van der Waals surface area contributed by atoms with E-state index in [-0.39, 0.29) is 5.92 Å². The fourth-order valence-corrected chi connectivity index (χ4v) is 3.76. The molecule has 130 valence electrons. The van der Waals surface area contributed by atoms with Crippen LogP contribution >= 0.6 is 34.5 Å². The molecular formula is C18H21Cl2NO2S. The maximum absolute atomic E-state index is 11.3. The summed E-state index contributed by atoms with van der Waals surface area (Å²) >= 11 is 13.7. The first-order chi connectivity index (χ1) is 11.4. The SMILES string of the molecule is CC(C)CC(CNCc1ccc(-c2ccc(Cl)c(Cl)c2)s1)C(=O)O. The van der Waals surface area contributed by atoms with Gasteiger partial charge in [-0.05, 0) is 42.2 Å². The topological polar surface area (TPSA) is 49.3 Å². The first kappa shape index (κ1) is 19.3. The van der Waals surface area contributed by atoms with E-state index in [0.717, 1.165) is 15.3 Å². The minimum Gasteiger partial charge on any atom is -0.481 e. The van der Waals surface area contributed by atoms with Gasteiger partial charge in [0.25, 0.3) is 0 Å². The molecule has 1 heterocycles. The third-order valence-corrected chi connectivity index (χ3v) is 5.53. The summed E-state index contributed by atoms with van der Waals surface area (Å²) in [5, 5.41) is 13.6. The van der Waals surface area contributed by atoms with Gasteiger partial charge in [-0.1, -0.05) is 43.1 Å². The molecule has 0 aliphatic rings. The molecular weight excluding hydrogens is 365 g/mol. The van der Waals surface area contributed by atoms with Gasteiger partial charge >= 0.3 is 5.97 Å². The van der Waals surface area contributed by atoms with Gasteiger partial charge in [-0.3, -0.25) is 4.79 Å². The van der Waals surface area contributed by atoms with E-state index >= 15 is 0 Å². The summed E-state index contributed by atoms with van der Waals surface area (Å²) in [7, 11) is 0. The number of nitrogens with one attached hydrogen (secondary N) is 1. The van der Waals surface area contributed by atoms with Crippen LogP contribution in [-0.2, 0) is 11.3 Å². The Hall–Kier alpha value is -1.07. The summed E-state index contributed by atoms with van der Waals surface area (Å²) in [4.78, 5) is 13.5. The number of halogens is 2. The minimum atomic E-state index is -0.737. The number of carboxylic acid groups (broad SMARTS) is 1. The molecule has 1 unspecified atom stereocenters. The summed E-state index contributed by atoms with van der Waals surface area (Å²) < 4.78 is 0. The Morgan fingerprint density at radius 1 is 1.21 bits per heavy atom. The molecule has 0 spiro atoms. The molecule has 1 atom stereocenters. The van der Waals surface area contributed by atoms with Crippen molar-refractivity contribution in [2.75, 3.05) is 6.54 Å². The first-order valence-electron chi connectivity index (χ1n) is 7.84. The van der Waals surface area contributed by atoms with E-state index < -0.39 is 5.97 Å². The van der Waals surface area contributed by atoms with E-state index in [1.165, 1.54) is 0 Å². The highest BCUT2D eigenvalue weighted by Gasteiger charge is 2.18. The van der Waals surface area contributed by atoms with Crippen LogP contribution in [0.1, 0.15) is 25.1 Å². The molecule has 0 fully saturated rings. The van der Waals surface area contributed by atoms with E-state index in [1.54, 1.807) is 17.4 Å². The molecule has 0 bridgehead atoms. The Morgan fingerprint density at radius 3 is 2.58 bits per heavy atom. The second kappa shape index (κ2) is 8.86. The summed E-state index contributed by atoms with van der Waals surface area (Å²) in [5.74, 6) is -0.714. The second-order valence-corrected chi connectivity index (χ2v) is 8.17. The van der Waals surface area contributed by atoms with Crippen molar-refractivity contribution in [3.05, 3.63) is 45.3 Å². The number of benzene rings is 1. The predicted octanol–water partition coefficient (Wildman–Crippen LogP) is 5.56. The molecule has 3 nitrogen and oxygen atoms in total. The van der Waals surface area contributed by atoms with E-state index in [9.17, 15) is 9.90 Å². The quantitative estimate of drug-likeness (QED) is 0.625. The molecule has 1 aromatic carbocycles. The zero-order valence-electron chi connectivity index (χ0n) is 13.7. The molecule has 2 aromatic rings. The fourth-order valence-electron chi connectivity index (χ4n) is 2.49. The van der Waals surface area contributed by atoms with Crippen molar-refractivity contribution < 1.29 is 9.90 Å². The maximum atomic E-state index is 11.3. The number of hydrogen-bond donors (Lipinski definition) is 2. The van der Waals surface area contributed by atoms with Gasteiger partial charge in [-0.15, -0.1) is 11.3 Å². The Morgan fingerprint density at radius 2 is 1.96 bits per heavy atom. The number of hydrogen-bond acceptors (Lipinski definition) is 3. The third-order valence-electron chi connectivity index (χ3n) is 3.66. The standard InChI is InChI=1S/C18H21Cl2NO2S/c1-11(2)7-13(18(22)23)9-21-10-14-4-6-17(24-14)12-3-5-15(19)16(20)8-12/h3-6,8,11,13,21H,7,9-10H2,1-2H3,(H,22,23). The van der Waals surface area contributed by atoms with Crippen LogP contribution in [0.5, 0.6) is 0 Å². The summed E-state index contributed by atoms with van der Waals surface area (Å²) in [5.41, 5.74) is 1.03. The zero-order chi connectivity index (χ0) is 17.7. The third kappa shape index (κ3) is 5.49. The van der Waals surface area contributed by atoms with Crippen LogP contribution in [0.2, 0.25) is 10.0 Å². The zero-order valence-corrected chi connectivity index (χ0v) is 16.0. The van der Waals surface area contributed by atoms with E-state index in [2.05, 4.69) is 5.32 Å². The number of rotatable bonds is 8. The van der Waals surface area contributed by atoms with Gasteiger partial charge in [0.2, 0.25) is 0 Å². The van der Waals surface area contributed by atoms with Crippen molar-refractivity contribution in [1.82, 2.24) is 5.32 Å². The van der Waals surface area contributed by atoms with E-state index in [1.807, 2.05) is 38.1 Å². The monoisotopic (exact) mass is 385 g/mol. The highest BCUT2D eigenvalue weighted by molar-refractivity contribution is 7.15. The van der Waals surface area contributed by atoms with E-state index in [0.29, 0.717) is 35.5 Å². The molecule has 0 aliphatic carbocycles. The average Bonchev–Trinajstić information content (AvgIpc) is 2.97. The van der Waals surface area contributed by atoms with Crippen molar-refractivity contribution in [2.45, 2.75) is 26.8 Å². The van der Waals surface area contributed by atoms with Gasteiger partial charge in [-0.2, -0.15) is 0 Å². The van der Waals surface area contributed by atoms with Gasteiger partial charge in [0, 0.05) is 22.8 Å². The highest BCUT2D eigenvalue weighted by Crippen LogP contribution is 2.32. The Labute approximate surface area is 156 Å². The largest absolute Gasteiger partial charge is 0.481 e. The Balaban J connectivity index is 1.94. The molecule has 2 N–H and O–H groups in total. The number of thiophene rings is 1. The molecule has 1 aromatic heterocycles. The smallest absolute Gasteiger partial charge is 0.307 e. The van der Waals surface area contributed by atoms with Crippen LogP contribution in [-0.4, -0.2) is 17.6 Å². The van der Waals surface area contributed by atoms with E-state index in [4.69, 9.17) is 23.2 Å². The molecule has 6 heteroatoms. The van der Waals surface area contributed by atoms with Gasteiger partial charge in [-0.25, -0.2) is 0 Å². The summed E-state index contributed by atoms with van der Waals surface area (Å²) in [6.45, 7) is 5.22. The maximum Gasteiger partial charge on any atom is 0.307 e. The van der Waals surface area contributed by atoms with Crippen molar-refractivity contribution in [3.8, 4) is 10.4 Å². The second-order valence-electron chi connectivity index (χ2n) is 6.19. The van der Waals surface area contributed by atoms with Crippen LogP contribution in [0.4, 0.5) is 0 Å². The van der Waals surface area contributed by atoms with Crippen molar-refractivity contribution in [3.63, 3.8) is 0 Å². The lowest BCUT2D eigenvalue weighted by molar-refractivity contribution is -0.142. The normalized spacial score (nSPS) is 12.5. The van der Waals surface area contributed by atoms with Crippen LogP contribution in [0, 0.1) is 11.8 Å². The van der Waals surface area contributed by atoms with Gasteiger partial charge in [0.1, 0.15) is 0 Å². The average molecular weight is 386 g/mol. The lowest BCUT2D eigenvalue weighted by atomic mass is 9.97. The van der Waals surface area contributed by atoms with Crippen LogP contribution in [0.3, 0.4) is 0 Å². The number of aliphatic carboxylic acids is 1. The summed E-state index contributed by atoms with van der Waals surface area (Å²) in [6.07, 6.45) is 0.682. The molecule has 0 saturated heterocycles. The van der Waals surface area contributed by atoms with Crippen molar-refractivity contribution in [1.29, 1.82) is 0 Å². The highest BCUT2D eigenvalue weighted by atomic mass is 35.5. The van der Waals surface area contributed by atoms with Crippen LogP contribution in [0.25, 0.3) is 10.4 Å². The molecule has 2 rings (SSSR count). The van der Waals surface area contributed by atoms with Crippen molar-refractivity contribution >= 4 is 40.5 Å². The fraction of sp³-hybridized carbons (Fsp3) is 0.389. The lowest BCUT2D eigenvalue weighted by Crippen LogP contribution is -2.29. The molecule has 0 saturated carbocycles. The first-order valence-corrected chi connectivity index (χ1v) is 9.41. The molecule has 0 radical (unpaired) electrons. The molecule has 24 heavy (non-hydrogen) atoms. The number of carbonyl (C=O) groups is 1. The molecule has 0 amide bonds. The van der Waals surface area contributed by atoms with Crippen LogP contribution < -0.4 is 5.32 Å². The van der Waals surface area contributed by atoms with Crippen LogP contribution in [0.15, 0.2) is 30.3 Å².